The molecule has 1 saturated heterocycles. The lowest BCUT2D eigenvalue weighted by molar-refractivity contribution is -0.142. The van der Waals surface area contributed by atoms with Crippen LogP contribution in [0.3, 0.4) is 0 Å². The van der Waals surface area contributed by atoms with Crippen LogP contribution in [0.15, 0.2) is 48.7 Å². The van der Waals surface area contributed by atoms with Crippen molar-refractivity contribution in [1.82, 2.24) is 9.88 Å². The lowest BCUT2D eigenvalue weighted by Crippen LogP contribution is -2.46. The number of nitrogens with zero attached hydrogens (tertiary/aromatic N) is 2. The Morgan fingerprint density at radius 1 is 1.14 bits per heavy atom. The number of benzene rings is 2. The summed E-state index contributed by atoms with van der Waals surface area (Å²) in [6.07, 6.45) is 1.22. The SMILES string of the molecule is Cc1ccccc1-c1cnc(Cl)c2cc(O[C@H](C)C(=O)N3CCOCC3)ccc12. The number of pyridine rings is 1. The fraction of sp³-hybridized carbons (Fsp3) is 0.304. The van der Waals surface area contributed by atoms with Crippen LogP contribution < -0.4 is 4.74 Å². The van der Waals surface area contributed by atoms with Crippen molar-refractivity contribution in [1.29, 1.82) is 0 Å². The molecule has 1 atom stereocenters. The van der Waals surface area contributed by atoms with Crippen molar-refractivity contribution in [3.8, 4) is 16.9 Å². The molecular formula is C23H23ClN2O3. The molecule has 0 spiro atoms. The minimum atomic E-state index is -0.586. The maximum absolute atomic E-state index is 12.6. The standard InChI is InChI=1S/C23H23ClN2O3/c1-15-5-3-4-6-18(15)21-14-25-22(24)20-13-17(7-8-19(20)21)29-16(2)23(27)26-9-11-28-12-10-26/h3-8,13-14,16H,9-12H2,1-2H3/t16-/m1/s1. The van der Waals surface area contributed by atoms with Crippen molar-refractivity contribution in [3.05, 3.63) is 59.4 Å². The molecular weight excluding hydrogens is 388 g/mol. The summed E-state index contributed by atoms with van der Waals surface area (Å²) in [5.41, 5.74) is 3.31. The molecule has 0 saturated carbocycles. The highest BCUT2D eigenvalue weighted by Crippen LogP contribution is 2.35. The number of carbonyl (C=O) groups is 1. The Morgan fingerprint density at radius 3 is 2.66 bits per heavy atom. The lowest BCUT2D eigenvalue weighted by Gasteiger charge is -2.29. The molecule has 1 aliphatic heterocycles. The minimum Gasteiger partial charge on any atom is -0.481 e. The van der Waals surface area contributed by atoms with E-state index >= 15 is 0 Å². The van der Waals surface area contributed by atoms with Crippen molar-refractivity contribution >= 4 is 28.3 Å². The highest BCUT2D eigenvalue weighted by atomic mass is 35.5. The second kappa shape index (κ2) is 8.39. The number of carbonyl (C=O) groups excluding carboxylic acids is 1. The van der Waals surface area contributed by atoms with Gasteiger partial charge in [-0.15, -0.1) is 0 Å². The number of hydrogen-bond donors (Lipinski definition) is 0. The van der Waals surface area contributed by atoms with Crippen molar-refractivity contribution in [2.75, 3.05) is 26.3 Å². The van der Waals surface area contributed by atoms with Crippen LogP contribution in [0.2, 0.25) is 5.15 Å². The van der Waals surface area contributed by atoms with Gasteiger partial charge in [0, 0.05) is 30.2 Å². The molecule has 1 aliphatic rings. The zero-order valence-corrected chi connectivity index (χ0v) is 17.3. The number of fused-ring (bicyclic) bond motifs is 1. The van der Waals surface area contributed by atoms with Gasteiger partial charge >= 0.3 is 0 Å². The van der Waals surface area contributed by atoms with Gasteiger partial charge in [-0.1, -0.05) is 35.9 Å². The Labute approximate surface area is 175 Å². The van der Waals surface area contributed by atoms with E-state index in [0.29, 0.717) is 37.2 Å². The number of morpholine rings is 1. The molecule has 1 fully saturated rings. The Morgan fingerprint density at radius 2 is 1.90 bits per heavy atom. The second-order valence-corrected chi connectivity index (χ2v) is 7.54. The average Bonchev–Trinajstić information content (AvgIpc) is 2.75. The molecule has 5 nitrogen and oxygen atoms in total. The fourth-order valence-electron chi connectivity index (χ4n) is 3.65. The molecule has 2 aromatic carbocycles. The van der Waals surface area contributed by atoms with Gasteiger partial charge in [-0.25, -0.2) is 4.98 Å². The van der Waals surface area contributed by atoms with E-state index in [4.69, 9.17) is 21.1 Å². The smallest absolute Gasteiger partial charge is 0.263 e. The molecule has 0 bridgehead atoms. The Hall–Kier alpha value is -2.63. The predicted octanol–water partition coefficient (Wildman–Crippen LogP) is 4.49. The first kappa shape index (κ1) is 19.7. The normalized spacial score (nSPS) is 15.3. The summed E-state index contributed by atoms with van der Waals surface area (Å²) in [5, 5.41) is 2.21. The summed E-state index contributed by atoms with van der Waals surface area (Å²) in [4.78, 5) is 18.8. The van der Waals surface area contributed by atoms with Crippen LogP contribution in [-0.4, -0.2) is 48.2 Å². The molecule has 0 radical (unpaired) electrons. The molecule has 29 heavy (non-hydrogen) atoms. The van der Waals surface area contributed by atoms with E-state index in [1.165, 1.54) is 5.56 Å². The largest absolute Gasteiger partial charge is 0.481 e. The highest BCUT2D eigenvalue weighted by Gasteiger charge is 2.24. The first-order valence-corrected chi connectivity index (χ1v) is 10.1. The van der Waals surface area contributed by atoms with Gasteiger partial charge < -0.3 is 14.4 Å². The Bertz CT molecular complexity index is 1050. The predicted molar refractivity (Wildman–Crippen MR) is 114 cm³/mol. The topological polar surface area (TPSA) is 51.7 Å². The van der Waals surface area contributed by atoms with Gasteiger partial charge in [-0.2, -0.15) is 0 Å². The van der Waals surface area contributed by atoms with Gasteiger partial charge in [0.15, 0.2) is 6.10 Å². The number of hydrogen-bond acceptors (Lipinski definition) is 4. The van der Waals surface area contributed by atoms with Crippen molar-refractivity contribution in [3.63, 3.8) is 0 Å². The Balaban J connectivity index is 1.63. The number of aryl methyl sites for hydroxylation is 1. The zero-order valence-electron chi connectivity index (χ0n) is 16.5. The van der Waals surface area contributed by atoms with E-state index in [9.17, 15) is 4.79 Å². The van der Waals surface area contributed by atoms with Crippen LogP contribution in [0.5, 0.6) is 5.75 Å². The van der Waals surface area contributed by atoms with Crippen LogP contribution in [0.4, 0.5) is 0 Å². The van der Waals surface area contributed by atoms with Crippen molar-refractivity contribution in [2.45, 2.75) is 20.0 Å². The quantitative estimate of drug-likeness (QED) is 0.594. The van der Waals surface area contributed by atoms with Gasteiger partial charge in [0.2, 0.25) is 0 Å². The van der Waals surface area contributed by atoms with Gasteiger partial charge in [-0.05, 0) is 48.6 Å². The van der Waals surface area contributed by atoms with E-state index in [0.717, 1.165) is 21.9 Å². The summed E-state index contributed by atoms with van der Waals surface area (Å²) in [6, 6.07) is 13.9. The summed E-state index contributed by atoms with van der Waals surface area (Å²) in [7, 11) is 0. The third-order valence-electron chi connectivity index (χ3n) is 5.23. The molecule has 1 amide bonds. The summed E-state index contributed by atoms with van der Waals surface area (Å²) in [5.74, 6) is 0.559. The second-order valence-electron chi connectivity index (χ2n) is 7.18. The van der Waals surface area contributed by atoms with E-state index in [2.05, 4.69) is 24.0 Å². The minimum absolute atomic E-state index is 0.0359. The van der Waals surface area contributed by atoms with E-state index < -0.39 is 6.10 Å². The van der Waals surface area contributed by atoms with Gasteiger partial charge in [0.25, 0.3) is 5.91 Å². The molecule has 4 rings (SSSR count). The Kier molecular flexibility index (Phi) is 5.69. The molecule has 1 aromatic heterocycles. The van der Waals surface area contributed by atoms with E-state index in [-0.39, 0.29) is 5.91 Å². The molecule has 3 aromatic rings. The zero-order chi connectivity index (χ0) is 20.4. The number of ether oxygens (including phenoxy) is 2. The molecule has 150 valence electrons. The fourth-order valence-corrected chi connectivity index (χ4v) is 3.85. The van der Waals surface area contributed by atoms with Crippen molar-refractivity contribution in [2.24, 2.45) is 0 Å². The summed E-state index contributed by atoms with van der Waals surface area (Å²) in [6.45, 7) is 6.17. The molecule has 6 heteroatoms. The summed E-state index contributed by atoms with van der Waals surface area (Å²) >= 11 is 6.39. The molecule has 2 heterocycles. The van der Waals surface area contributed by atoms with Gasteiger partial charge in [0.1, 0.15) is 10.9 Å². The number of halogens is 1. The number of amides is 1. The van der Waals surface area contributed by atoms with E-state index in [1.807, 2.05) is 30.3 Å². The molecule has 0 N–H and O–H groups in total. The first-order chi connectivity index (χ1) is 14.0. The van der Waals surface area contributed by atoms with Crippen LogP contribution in [0, 0.1) is 6.92 Å². The van der Waals surface area contributed by atoms with Crippen molar-refractivity contribution < 1.29 is 14.3 Å². The number of aromatic nitrogens is 1. The highest BCUT2D eigenvalue weighted by molar-refractivity contribution is 6.34. The van der Waals surface area contributed by atoms with Crippen LogP contribution in [-0.2, 0) is 9.53 Å². The number of rotatable bonds is 4. The van der Waals surface area contributed by atoms with E-state index in [1.54, 1.807) is 18.0 Å². The summed E-state index contributed by atoms with van der Waals surface area (Å²) < 4.78 is 11.3. The lowest BCUT2D eigenvalue weighted by atomic mass is 9.97. The van der Waals surface area contributed by atoms with Crippen LogP contribution >= 0.6 is 11.6 Å². The average molecular weight is 411 g/mol. The molecule has 0 unspecified atom stereocenters. The third-order valence-corrected chi connectivity index (χ3v) is 5.53. The van der Waals surface area contributed by atoms with Crippen LogP contribution in [0.1, 0.15) is 12.5 Å². The third kappa shape index (κ3) is 4.07. The van der Waals surface area contributed by atoms with Gasteiger partial charge in [-0.3, -0.25) is 4.79 Å². The molecule has 0 aliphatic carbocycles. The monoisotopic (exact) mass is 410 g/mol. The van der Waals surface area contributed by atoms with Gasteiger partial charge in [0.05, 0.1) is 13.2 Å². The maximum Gasteiger partial charge on any atom is 0.263 e. The maximum atomic E-state index is 12.6. The first-order valence-electron chi connectivity index (χ1n) is 9.72. The van der Waals surface area contributed by atoms with Crippen LogP contribution in [0.25, 0.3) is 21.9 Å².